The average molecular weight is 476 g/mol. The van der Waals surface area contributed by atoms with Crippen molar-refractivity contribution >= 4 is 28.2 Å². The maximum atomic E-state index is 13.6. The molecule has 1 aromatic heterocycles. The quantitative estimate of drug-likeness (QED) is 0.322. The summed E-state index contributed by atoms with van der Waals surface area (Å²) in [6, 6.07) is 16.5. The van der Waals surface area contributed by atoms with E-state index in [2.05, 4.69) is 15.2 Å². The standard InChI is InChI=1S/C26H22F2N4O3/c27-17-5-10-21(11-6-17)35-15-20-2-1-13-32(20)26(34)16-3-8-19(9-4-16)30-31-24-22-14-18(28)7-12-23(22)29-25(24)33/h3-12,14,20,29,33H,1-2,13,15H2/t20-/m0/s1. The Balaban J connectivity index is 1.26. The molecule has 0 spiro atoms. The van der Waals surface area contributed by atoms with Gasteiger partial charge in [-0.05, 0) is 79.6 Å². The van der Waals surface area contributed by atoms with E-state index in [0.717, 1.165) is 12.8 Å². The lowest BCUT2D eigenvalue weighted by atomic mass is 10.1. The molecule has 1 amide bonds. The van der Waals surface area contributed by atoms with Gasteiger partial charge in [-0.1, -0.05) is 0 Å². The van der Waals surface area contributed by atoms with Gasteiger partial charge in [-0.25, -0.2) is 8.78 Å². The number of aromatic hydroxyl groups is 1. The Kier molecular flexibility index (Phi) is 6.13. The number of hydrogen-bond acceptors (Lipinski definition) is 5. The fraction of sp³-hybridized carbons (Fsp3) is 0.192. The van der Waals surface area contributed by atoms with E-state index in [4.69, 9.17) is 4.74 Å². The number of likely N-dealkylation sites (tertiary alicyclic amines) is 1. The summed E-state index contributed by atoms with van der Waals surface area (Å²) < 4.78 is 32.4. The Hall–Kier alpha value is -4.27. The van der Waals surface area contributed by atoms with Gasteiger partial charge in [0.1, 0.15) is 24.0 Å². The van der Waals surface area contributed by atoms with Crippen LogP contribution in [0.25, 0.3) is 10.9 Å². The van der Waals surface area contributed by atoms with Crippen LogP contribution in [0.1, 0.15) is 23.2 Å². The Morgan fingerprint density at radius 3 is 2.54 bits per heavy atom. The molecular formula is C26H22F2N4O3. The van der Waals surface area contributed by atoms with Gasteiger partial charge in [0.2, 0.25) is 5.88 Å². The fourth-order valence-corrected chi connectivity index (χ4v) is 4.18. The molecule has 7 nitrogen and oxygen atoms in total. The predicted octanol–water partition coefficient (Wildman–Crippen LogP) is 6.25. The number of benzene rings is 3. The zero-order valence-corrected chi connectivity index (χ0v) is 18.6. The summed E-state index contributed by atoms with van der Waals surface area (Å²) in [6.45, 7) is 0.965. The zero-order chi connectivity index (χ0) is 24.4. The molecule has 0 aliphatic carbocycles. The van der Waals surface area contributed by atoms with Crippen LogP contribution in [0.3, 0.4) is 0 Å². The van der Waals surface area contributed by atoms with Crippen molar-refractivity contribution in [1.82, 2.24) is 9.88 Å². The normalized spacial score (nSPS) is 15.8. The first-order valence-electron chi connectivity index (χ1n) is 11.2. The summed E-state index contributed by atoms with van der Waals surface area (Å²) in [4.78, 5) is 17.6. The van der Waals surface area contributed by atoms with Crippen molar-refractivity contribution in [2.75, 3.05) is 13.2 Å². The first-order chi connectivity index (χ1) is 17.0. The number of halogens is 2. The van der Waals surface area contributed by atoms with Crippen molar-refractivity contribution < 1.29 is 23.4 Å². The summed E-state index contributed by atoms with van der Waals surface area (Å²) in [6.07, 6.45) is 1.71. The highest BCUT2D eigenvalue weighted by Gasteiger charge is 2.30. The van der Waals surface area contributed by atoms with Crippen molar-refractivity contribution in [2.45, 2.75) is 18.9 Å². The molecule has 0 unspecified atom stereocenters. The third kappa shape index (κ3) is 4.84. The molecule has 178 valence electrons. The van der Waals surface area contributed by atoms with Gasteiger partial charge in [0.25, 0.3) is 5.91 Å². The van der Waals surface area contributed by atoms with Gasteiger partial charge < -0.3 is 19.7 Å². The van der Waals surface area contributed by atoms with Gasteiger partial charge in [-0.3, -0.25) is 4.79 Å². The highest BCUT2D eigenvalue weighted by molar-refractivity contribution is 5.95. The van der Waals surface area contributed by atoms with Gasteiger partial charge >= 0.3 is 0 Å². The number of H-pyrrole nitrogens is 1. The molecule has 0 saturated carbocycles. The van der Waals surface area contributed by atoms with Crippen molar-refractivity contribution in [3.8, 4) is 11.6 Å². The first kappa shape index (κ1) is 22.5. The first-order valence-corrected chi connectivity index (χ1v) is 11.2. The SMILES string of the molecule is O=C(c1ccc(N=Nc2c(O)[nH]c3ccc(F)cc23)cc1)N1CCC[C@H]1COc1ccc(F)cc1. The highest BCUT2D eigenvalue weighted by atomic mass is 19.1. The maximum Gasteiger partial charge on any atom is 0.254 e. The van der Waals surface area contributed by atoms with Crippen molar-refractivity contribution in [2.24, 2.45) is 10.2 Å². The van der Waals surface area contributed by atoms with Crippen LogP contribution >= 0.6 is 0 Å². The molecule has 1 atom stereocenters. The van der Waals surface area contributed by atoms with E-state index in [1.165, 1.54) is 30.3 Å². The predicted molar refractivity (Wildman–Crippen MR) is 126 cm³/mol. The van der Waals surface area contributed by atoms with E-state index in [1.807, 2.05) is 0 Å². The van der Waals surface area contributed by atoms with Gasteiger partial charge in [-0.15, -0.1) is 5.11 Å². The number of nitrogens with one attached hydrogen (secondary N) is 1. The van der Waals surface area contributed by atoms with Gasteiger partial charge in [0, 0.05) is 17.5 Å². The number of aromatic nitrogens is 1. The van der Waals surface area contributed by atoms with Crippen molar-refractivity contribution in [3.05, 3.63) is 83.9 Å². The molecule has 0 radical (unpaired) electrons. The maximum absolute atomic E-state index is 13.6. The third-order valence-corrected chi connectivity index (χ3v) is 5.99. The lowest BCUT2D eigenvalue weighted by molar-refractivity contribution is 0.0691. The Morgan fingerprint density at radius 1 is 1.03 bits per heavy atom. The molecule has 5 rings (SSSR count). The number of amides is 1. The molecule has 0 bridgehead atoms. The second-order valence-corrected chi connectivity index (χ2v) is 8.32. The molecule has 1 aliphatic heterocycles. The molecule has 2 heterocycles. The topological polar surface area (TPSA) is 90.3 Å². The largest absolute Gasteiger partial charge is 0.493 e. The number of nitrogens with zero attached hydrogens (tertiary/aromatic N) is 3. The summed E-state index contributed by atoms with van der Waals surface area (Å²) in [7, 11) is 0. The van der Waals surface area contributed by atoms with Gasteiger partial charge in [0.05, 0.1) is 17.2 Å². The Labute approximate surface area is 199 Å². The number of azo groups is 1. The fourth-order valence-electron chi connectivity index (χ4n) is 4.18. The number of carbonyl (C=O) groups excluding carboxylic acids is 1. The van der Waals surface area contributed by atoms with E-state index >= 15 is 0 Å². The van der Waals surface area contributed by atoms with Gasteiger partial charge in [0.15, 0.2) is 5.69 Å². The van der Waals surface area contributed by atoms with Crippen molar-refractivity contribution in [3.63, 3.8) is 0 Å². The highest BCUT2D eigenvalue weighted by Crippen LogP contribution is 2.36. The van der Waals surface area contributed by atoms with Crippen LogP contribution in [-0.2, 0) is 0 Å². The number of ether oxygens (including phenoxy) is 1. The second kappa shape index (κ2) is 9.54. The number of aromatic amines is 1. The molecule has 9 heteroatoms. The molecule has 1 aliphatic rings. The van der Waals surface area contributed by atoms with E-state index in [0.29, 0.717) is 41.1 Å². The minimum atomic E-state index is -0.445. The van der Waals surface area contributed by atoms with Crippen LogP contribution in [-0.4, -0.2) is 40.1 Å². The van der Waals surface area contributed by atoms with Crippen LogP contribution in [0, 0.1) is 11.6 Å². The molecule has 3 aromatic carbocycles. The lowest BCUT2D eigenvalue weighted by Crippen LogP contribution is -2.39. The van der Waals surface area contributed by atoms with Gasteiger partial charge in [-0.2, -0.15) is 5.11 Å². The van der Waals surface area contributed by atoms with Crippen LogP contribution in [0.15, 0.2) is 77.0 Å². The number of rotatable bonds is 6. The van der Waals surface area contributed by atoms with Crippen LogP contribution < -0.4 is 4.74 Å². The monoisotopic (exact) mass is 476 g/mol. The van der Waals surface area contributed by atoms with Crippen LogP contribution in [0.5, 0.6) is 11.6 Å². The summed E-state index contributed by atoms with van der Waals surface area (Å²) in [5.74, 6) is -0.527. The summed E-state index contributed by atoms with van der Waals surface area (Å²) in [5, 5.41) is 18.7. The van der Waals surface area contributed by atoms with Crippen molar-refractivity contribution in [1.29, 1.82) is 0 Å². The number of hydrogen-bond donors (Lipinski definition) is 2. The molecule has 1 saturated heterocycles. The zero-order valence-electron chi connectivity index (χ0n) is 18.6. The summed E-state index contributed by atoms with van der Waals surface area (Å²) >= 11 is 0. The molecular weight excluding hydrogens is 454 g/mol. The Bertz CT molecular complexity index is 1380. The molecule has 4 aromatic rings. The smallest absolute Gasteiger partial charge is 0.254 e. The molecule has 1 fully saturated rings. The lowest BCUT2D eigenvalue weighted by Gasteiger charge is -2.25. The minimum Gasteiger partial charge on any atom is -0.493 e. The van der Waals surface area contributed by atoms with E-state index in [-0.39, 0.29) is 29.3 Å². The van der Waals surface area contributed by atoms with E-state index in [9.17, 15) is 18.7 Å². The van der Waals surface area contributed by atoms with Crippen LogP contribution in [0.2, 0.25) is 0 Å². The van der Waals surface area contributed by atoms with Crippen LogP contribution in [0.4, 0.5) is 20.2 Å². The van der Waals surface area contributed by atoms with E-state index in [1.54, 1.807) is 41.3 Å². The molecule has 35 heavy (non-hydrogen) atoms. The third-order valence-electron chi connectivity index (χ3n) is 5.99. The minimum absolute atomic E-state index is 0.0721. The average Bonchev–Trinajstić information content (AvgIpc) is 3.46. The molecule has 2 N–H and O–H groups in total. The number of carbonyl (C=O) groups is 1. The van der Waals surface area contributed by atoms with E-state index < -0.39 is 5.82 Å². The Morgan fingerprint density at radius 2 is 1.77 bits per heavy atom. The summed E-state index contributed by atoms with van der Waals surface area (Å²) in [5.41, 5.74) is 1.67. The second-order valence-electron chi connectivity index (χ2n) is 8.32. The number of fused-ring (bicyclic) bond motifs is 1.